The molecule has 2 heterocycles. The molecule has 0 amide bonds. The standard InChI is InChI=1S/C14H15BrN4O/c15-11-5-9-2-4-20-14(9)10(6-11)8-18-12-1-3-17-13(7-12)19-16/h1,3,5-7H,2,4,8,16H2,(H2,17,18,19). The third kappa shape index (κ3) is 2.71. The zero-order valence-corrected chi connectivity index (χ0v) is 12.4. The maximum atomic E-state index is 5.71. The lowest BCUT2D eigenvalue weighted by atomic mass is 10.1. The van der Waals surface area contributed by atoms with Gasteiger partial charge >= 0.3 is 0 Å². The van der Waals surface area contributed by atoms with Gasteiger partial charge in [-0.15, -0.1) is 0 Å². The summed E-state index contributed by atoms with van der Waals surface area (Å²) < 4.78 is 6.79. The zero-order valence-electron chi connectivity index (χ0n) is 10.8. The molecule has 3 rings (SSSR count). The second-order valence-corrected chi connectivity index (χ2v) is 5.49. The molecule has 0 aliphatic carbocycles. The summed E-state index contributed by atoms with van der Waals surface area (Å²) in [4.78, 5) is 4.08. The van der Waals surface area contributed by atoms with Crippen LogP contribution in [0.2, 0.25) is 0 Å². The number of nitrogens with one attached hydrogen (secondary N) is 2. The Morgan fingerprint density at radius 3 is 3.10 bits per heavy atom. The van der Waals surface area contributed by atoms with E-state index in [1.54, 1.807) is 6.20 Å². The van der Waals surface area contributed by atoms with Crippen LogP contribution in [0.25, 0.3) is 0 Å². The maximum Gasteiger partial charge on any atom is 0.141 e. The maximum absolute atomic E-state index is 5.71. The zero-order chi connectivity index (χ0) is 13.9. The van der Waals surface area contributed by atoms with Gasteiger partial charge in [0.15, 0.2) is 0 Å². The number of benzene rings is 1. The van der Waals surface area contributed by atoms with Gasteiger partial charge in [-0.1, -0.05) is 15.9 Å². The van der Waals surface area contributed by atoms with E-state index in [-0.39, 0.29) is 0 Å². The fourth-order valence-electron chi connectivity index (χ4n) is 2.29. The van der Waals surface area contributed by atoms with Crippen molar-refractivity contribution in [1.82, 2.24) is 4.98 Å². The van der Waals surface area contributed by atoms with Gasteiger partial charge < -0.3 is 15.5 Å². The van der Waals surface area contributed by atoms with Crippen molar-refractivity contribution in [3.63, 3.8) is 0 Å². The Kier molecular flexibility index (Phi) is 3.75. The highest BCUT2D eigenvalue weighted by molar-refractivity contribution is 9.10. The van der Waals surface area contributed by atoms with Gasteiger partial charge in [0, 0.05) is 41.0 Å². The van der Waals surface area contributed by atoms with Gasteiger partial charge in [-0.05, 0) is 23.8 Å². The van der Waals surface area contributed by atoms with Crippen LogP contribution >= 0.6 is 15.9 Å². The summed E-state index contributed by atoms with van der Waals surface area (Å²) >= 11 is 3.54. The number of nitrogens with two attached hydrogens (primary N) is 1. The molecule has 1 aliphatic heterocycles. The third-order valence-corrected chi connectivity index (χ3v) is 3.67. The molecule has 2 aromatic rings. The molecule has 1 aromatic heterocycles. The van der Waals surface area contributed by atoms with Crippen LogP contribution in [-0.2, 0) is 13.0 Å². The van der Waals surface area contributed by atoms with Crippen molar-refractivity contribution in [3.8, 4) is 5.75 Å². The Balaban J connectivity index is 1.78. The third-order valence-electron chi connectivity index (χ3n) is 3.22. The molecule has 0 radical (unpaired) electrons. The number of aromatic nitrogens is 1. The number of hydrogen-bond donors (Lipinski definition) is 3. The molecule has 104 valence electrons. The molecule has 0 unspecified atom stereocenters. The van der Waals surface area contributed by atoms with Crippen molar-refractivity contribution in [2.75, 3.05) is 17.3 Å². The van der Waals surface area contributed by atoms with E-state index >= 15 is 0 Å². The van der Waals surface area contributed by atoms with Gasteiger partial charge in [-0.3, -0.25) is 0 Å². The summed E-state index contributed by atoms with van der Waals surface area (Å²) in [6.07, 6.45) is 2.68. The summed E-state index contributed by atoms with van der Waals surface area (Å²) in [5.74, 6) is 6.99. The van der Waals surface area contributed by atoms with Crippen LogP contribution in [0.15, 0.2) is 34.9 Å². The first-order chi connectivity index (χ1) is 9.76. The smallest absolute Gasteiger partial charge is 0.141 e. The van der Waals surface area contributed by atoms with Crippen molar-refractivity contribution >= 4 is 27.4 Å². The van der Waals surface area contributed by atoms with Gasteiger partial charge in [0.25, 0.3) is 0 Å². The van der Waals surface area contributed by atoms with Gasteiger partial charge in [-0.2, -0.15) is 0 Å². The predicted molar refractivity (Wildman–Crippen MR) is 82.7 cm³/mol. The number of ether oxygens (including phenoxy) is 1. The average molecular weight is 335 g/mol. The van der Waals surface area contributed by atoms with Crippen molar-refractivity contribution in [3.05, 3.63) is 46.1 Å². The van der Waals surface area contributed by atoms with E-state index in [0.717, 1.165) is 34.5 Å². The Labute approximate surface area is 125 Å². The summed E-state index contributed by atoms with van der Waals surface area (Å²) in [6, 6.07) is 7.97. The summed E-state index contributed by atoms with van der Waals surface area (Å²) in [7, 11) is 0. The summed E-state index contributed by atoms with van der Waals surface area (Å²) in [5, 5.41) is 3.36. The topological polar surface area (TPSA) is 72.2 Å². The minimum Gasteiger partial charge on any atom is -0.493 e. The highest BCUT2D eigenvalue weighted by atomic mass is 79.9. The Morgan fingerprint density at radius 2 is 2.25 bits per heavy atom. The second kappa shape index (κ2) is 5.68. The predicted octanol–water partition coefficient (Wildman–Crippen LogP) is 2.68. The van der Waals surface area contributed by atoms with Crippen LogP contribution in [0.1, 0.15) is 11.1 Å². The van der Waals surface area contributed by atoms with Crippen LogP contribution < -0.4 is 21.3 Å². The van der Waals surface area contributed by atoms with Crippen molar-refractivity contribution in [1.29, 1.82) is 0 Å². The van der Waals surface area contributed by atoms with Gasteiger partial charge in [-0.25, -0.2) is 10.8 Å². The molecule has 0 spiro atoms. The molecule has 0 saturated heterocycles. The van der Waals surface area contributed by atoms with E-state index in [1.165, 1.54) is 5.56 Å². The normalized spacial score (nSPS) is 12.7. The first-order valence-corrected chi connectivity index (χ1v) is 7.16. The summed E-state index contributed by atoms with van der Waals surface area (Å²) in [6.45, 7) is 1.45. The number of nitrogen functional groups attached to an aromatic ring is 1. The molecule has 1 aliphatic rings. The highest BCUT2D eigenvalue weighted by Gasteiger charge is 2.17. The van der Waals surface area contributed by atoms with Crippen LogP contribution in [0, 0.1) is 0 Å². The van der Waals surface area contributed by atoms with Crippen LogP contribution in [0.4, 0.5) is 11.5 Å². The molecule has 0 bridgehead atoms. The van der Waals surface area contributed by atoms with Gasteiger partial charge in [0.2, 0.25) is 0 Å². The number of fused-ring (bicyclic) bond motifs is 1. The fraction of sp³-hybridized carbons (Fsp3) is 0.214. The number of hydrogen-bond acceptors (Lipinski definition) is 5. The number of pyridine rings is 1. The molecule has 5 nitrogen and oxygen atoms in total. The van der Waals surface area contributed by atoms with E-state index in [4.69, 9.17) is 10.6 Å². The number of hydrazine groups is 1. The lowest BCUT2D eigenvalue weighted by molar-refractivity contribution is 0.354. The van der Waals surface area contributed by atoms with Crippen LogP contribution in [-0.4, -0.2) is 11.6 Å². The average Bonchev–Trinajstić information content (AvgIpc) is 2.93. The molecule has 1 aromatic carbocycles. The molecular formula is C14H15BrN4O. The van der Waals surface area contributed by atoms with Gasteiger partial charge in [0.1, 0.15) is 11.6 Å². The number of nitrogens with zero attached hydrogens (tertiary/aromatic N) is 1. The second-order valence-electron chi connectivity index (χ2n) is 4.58. The largest absolute Gasteiger partial charge is 0.493 e. The molecular weight excluding hydrogens is 320 g/mol. The number of rotatable bonds is 4. The van der Waals surface area contributed by atoms with Gasteiger partial charge in [0.05, 0.1) is 6.61 Å². The molecule has 0 fully saturated rings. The van der Waals surface area contributed by atoms with E-state index < -0.39 is 0 Å². The number of halogens is 1. The minimum absolute atomic E-state index is 0.630. The van der Waals surface area contributed by atoms with Crippen molar-refractivity contribution in [2.24, 2.45) is 5.84 Å². The Morgan fingerprint density at radius 1 is 1.35 bits per heavy atom. The van der Waals surface area contributed by atoms with E-state index in [1.807, 2.05) is 12.1 Å². The van der Waals surface area contributed by atoms with Crippen LogP contribution in [0.5, 0.6) is 5.75 Å². The lowest BCUT2D eigenvalue weighted by Gasteiger charge is -2.11. The number of anilines is 2. The molecule has 6 heteroatoms. The van der Waals surface area contributed by atoms with E-state index in [9.17, 15) is 0 Å². The summed E-state index contributed by atoms with van der Waals surface area (Å²) in [5.41, 5.74) is 5.89. The van der Waals surface area contributed by atoms with Crippen molar-refractivity contribution in [2.45, 2.75) is 13.0 Å². The molecule has 0 atom stereocenters. The van der Waals surface area contributed by atoms with Crippen LogP contribution in [0.3, 0.4) is 0 Å². The minimum atomic E-state index is 0.630. The fourth-order valence-corrected chi connectivity index (χ4v) is 2.85. The quantitative estimate of drug-likeness (QED) is 0.592. The first-order valence-electron chi connectivity index (χ1n) is 6.37. The van der Waals surface area contributed by atoms with E-state index in [2.05, 4.69) is 43.8 Å². The van der Waals surface area contributed by atoms with Crippen molar-refractivity contribution < 1.29 is 4.74 Å². The lowest BCUT2D eigenvalue weighted by Crippen LogP contribution is -2.09. The Bertz CT molecular complexity index is 633. The highest BCUT2D eigenvalue weighted by Crippen LogP contribution is 2.33. The monoisotopic (exact) mass is 334 g/mol. The SMILES string of the molecule is NNc1cc(NCc2cc(Br)cc3c2OCC3)ccn1. The molecule has 20 heavy (non-hydrogen) atoms. The molecule has 0 saturated carbocycles. The first kappa shape index (κ1) is 13.2. The van der Waals surface area contributed by atoms with E-state index in [0.29, 0.717) is 12.4 Å². The Hall–Kier alpha value is -1.79. The molecule has 4 N–H and O–H groups in total.